The second-order valence-corrected chi connectivity index (χ2v) is 7.24. The fourth-order valence-corrected chi connectivity index (χ4v) is 3.05. The molecule has 0 aromatic heterocycles. The van der Waals surface area contributed by atoms with Crippen molar-refractivity contribution in [1.29, 1.82) is 0 Å². The summed E-state index contributed by atoms with van der Waals surface area (Å²) in [5, 5.41) is 6.07. The number of carbonyl (C=O) groups is 2. The van der Waals surface area contributed by atoms with E-state index >= 15 is 0 Å². The van der Waals surface area contributed by atoms with E-state index in [4.69, 9.17) is 0 Å². The molecule has 7 nitrogen and oxygen atoms in total. The Bertz CT molecular complexity index is 701. The zero-order valence-corrected chi connectivity index (χ0v) is 17.0. The highest BCUT2D eigenvalue weighted by atomic mass is 16.2. The van der Waals surface area contributed by atoms with E-state index in [0.29, 0.717) is 25.9 Å². The number of nitrogens with one attached hydrogen (secondary N) is 2. The van der Waals surface area contributed by atoms with Crippen LogP contribution in [0.4, 0.5) is 4.79 Å². The van der Waals surface area contributed by atoms with Crippen LogP contribution >= 0.6 is 0 Å². The van der Waals surface area contributed by atoms with Gasteiger partial charge in [-0.2, -0.15) is 0 Å². The van der Waals surface area contributed by atoms with Crippen molar-refractivity contribution in [3.05, 3.63) is 35.4 Å². The first-order valence-corrected chi connectivity index (χ1v) is 9.42. The van der Waals surface area contributed by atoms with Crippen LogP contribution in [0.1, 0.15) is 37.8 Å². The van der Waals surface area contributed by atoms with E-state index in [1.165, 1.54) is 16.0 Å². The van der Waals surface area contributed by atoms with Crippen LogP contribution in [0.2, 0.25) is 0 Å². The summed E-state index contributed by atoms with van der Waals surface area (Å²) in [4.78, 5) is 32.1. The molecule has 1 unspecified atom stereocenters. The lowest BCUT2D eigenvalue weighted by Gasteiger charge is -2.23. The summed E-state index contributed by atoms with van der Waals surface area (Å²) in [5.41, 5.74) is 1.68. The molecular weight excluding hydrogens is 342 g/mol. The standard InChI is InChI=1S/C20H31N5O2/c1-6-20(3)17(26)25(19(27)23-20)13-7-12-22-18(21-4)24(5)14-16-10-8-15(2)9-11-16/h8-11H,6-7,12-14H2,1-5H3,(H,21,22)(H,23,27). The zero-order valence-electron chi connectivity index (χ0n) is 17.0. The summed E-state index contributed by atoms with van der Waals surface area (Å²) in [6.45, 7) is 7.52. The number of amides is 3. The Labute approximate surface area is 161 Å². The van der Waals surface area contributed by atoms with Gasteiger partial charge in [-0.1, -0.05) is 36.8 Å². The van der Waals surface area contributed by atoms with E-state index in [0.717, 1.165) is 12.5 Å². The number of guanidine groups is 1. The van der Waals surface area contributed by atoms with Crippen molar-refractivity contribution in [1.82, 2.24) is 20.4 Å². The number of hydrogen-bond donors (Lipinski definition) is 2. The van der Waals surface area contributed by atoms with Gasteiger partial charge in [-0.05, 0) is 32.3 Å². The molecule has 3 amide bonds. The number of rotatable bonds is 7. The minimum absolute atomic E-state index is 0.143. The number of aryl methyl sites for hydroxylation is 1. The molecule has 2 N–H and O–H groups in total. The molecular formula is C20H31N5O2. The summed E-state index contributed by atoms with van der Waals surface area (Å²) in [6.07, 6.45) is 1.25. The molecule has 0 bridgehead atoms. The van der Waals surface area contributed by atoms with Crippen LogP contribution in [0, 0.1) is 6.92 Å². The fraction of sp³-hybridized carbons (Fsp3) is 0.550. The SMILES string of the molecule is CCC1(C)NC(=O)N(CCCNC(=NC)N(C)Cc2ccc(C)cc2)C1=O. The number of benzene rings is 1. The van der Waals surface area contributed by atoms with Gasteiger partial charge in [-0.25, -0.2) is 4.79 Å². The third-order valence-electron chi connectivity index (χ3n) is 5.01. The largest absolute Gasteiger partial charge is 0.356 e. The average molecular weight is 374 g/mol. The highest BCUT2D eigenvalue weighted by Crippen LogP contribution is 2.20. The van der Waals surface area contributed by atoms with Gasteiger partial charge < -0.3 is 15.5 Å². The second-order valence-electron chi connectivity index (χ2n) is 7.24. The number of carbonyl (C=O) groups excluding carboxylic acids is 2. The summed E-state index contributed by atoms with van der Waals surface area (Å²) in [5.74, 6) is 0.641. The van der Waals surface area contributed by atoms with Crippen LogP contribution in [0.25, 0.3) is 0 Å². The second kappa shape index (κ2) is 8.88. The van der Waals surface area contributed by atoms with Gasteiger partial charge in [0.2, 0.25) is 0 Å². The first-order valence-electron chi connectivity index (χ1n) is 9.42. The average Bonchev–Trinajstić information content (AvgIpc) is 2.86. The molecule has 0 spiro atoms. The minimum Gasteiger partial charge on any atom is -0.356 e. The van der Waals surface area contributed by atoms with E-state index in [1.807, 2.05) is 18.9 Å². The van der Waals surface area contributed by atoms with Gasteiger partial charge in [0.25, 0.3) is 5.91 Å². The molecule has 1 heterocycles. The lowest BCUT2D eigenvalue weighted by molar-refractivity contribution is -0.130. The van der Waals surface area contributed by atoms with Crippen molar-refractivity contribution < 1.29 is 9.59 Å². The fourth-order valence-electron chi connectivity index (χ4n) is 3.05. The van der Waals surface area contributed by atoms with Crippen LogP contribution in [0.3, 0.4) is 0 Å². The topological polar surface area (TPSA) is 77.0 Å². The molecule has 1 aromatic rings. The highest BCUT2D eigenvalue weighted by Gasteiger charge is 2.45. The molecule has 1 aromatic carbocycles. The van der Waals surface area contributed by atoms with Crippen molar-refractivity contribution >= 4 is 17.9 Å². The van der Waals surface area contributed by atoms with Gasteiger partial charge >= 0.3 is 6.03 Å². The van der Waals surface area contributed by atoms with Crippen LogP contribution in [-0.4, -0.2) is 60.4 Å². The van der Waals surface area contributed by atoms with Gasteiger partial charge in [0.1, 0.15) is 5.54 Å². The Balaban J connectivity index is 1.80. The zero-order chi connectivity index (χ0) is 20.0. The summed E-state index contributed by atoms with van der Waals surface area (Å²) < 4.78 is 0. The summed E-state index contributed by atoms with van der Waals surface area (Å²) >= 11 is 0. The Morgan fingerprint density at radius 3 is 2.52 bits per heavy atom. The summed E-state index contributed by atoms with van der Waals surface area (Å²) in [6, 6.07) is 8.12. The molecule has 2 rings (SSSR count). The van der Waals surface area contributed by atoms with Crippen LogP contribution in [-0.2, 0) is 11.3 Å². The Morgan fingerprint density at radius 2 is 1.96 bits per heavy atom. The number of hydrogen-bond acceptors (Lipinski definition) is 3. The number of urea groups is 1. The lowest BCUT2D eigenvalue weighted by Crippen LogP contribution is -2.43. The van der Waals surface area contributed by atoms with Gasteiger partial charge in [0.15, 0.2) is 5.96 Å². The Kier molecular flexibility index (Phi) is 6.82. The first kappa shape index (κ1) is 20.7. The maximum atomic E-state index is 12.4. The van der Waals surface area contributed by atoms with E-state index in [-0.39, 0.29) is 11.9 Å². The van der Waals surface area contributed by atoms with Crippen molar-refractivity contribution in [3.63, 3.8) is 0 Å². The van der Waals surface area contributed by atoms with Crippen LogP contribution in [0.15, 0.2) is 29.3 Å². The van der Waals surface area contributed by atoms with Gasteiger partial charge in [-0.15, -0.1) is 0 Å². The molecule has 1 saturated heterocycles. The molecule has 0 radical (unpaired) electrons. The minimum atomic E-state index is -0.769. The van der Waals surface area contributed by atoms with Crippen molar-refractivity contribution in [2.24, 2.45) is 4.99 Å². The third-order valence-corrected chi connectivity index (χ3v) is 5.01. The Hall–Kier alpha value is -2.57. The van der Waals surface area contributed by atoms with E-state index < -0.39 is 5.54 Å². The first-order chi connectivity index (χ1) is 12.8. The van der Waals surface area contributed by atoms with E-state index in [1.54, 1.807) is 14.0 Å². The van der Waals surface area contributed by atoms with Crippen LogP contribution < -0.4 is 10.6 Å². The van der Waals surface area contributed by atoms with Crippen LogP contribution in [0.5, 0.6) is 0 Å². The normalized spacial score (nSPS) is 20.0. The smallest absolute Gasteiger partial charge is 0.325 e. The molecule has 27 heavy (non-hydrogen) atoms. The number of imide groups is 1. The Morgan fingerprint density at radius 1 is 1.30 bits per heavy atom. The predicted molar refractivity (Wildman–Crippen MR) is 108 cm³/mol. The molecule has 1 aliphatic heterocycles. The van der Waals surface area contributed by atoms with E-state index in [9.17, 15) is 9.59 Å². The number of nitrogens with zero attached hydrogens (tertiary/aromatic N) is 3. The summed E-state index contributed by atoms with van der Waals surface area (Å²) in [7, 11) is 3.73. The lowest BCUT2D eigenvalue weighted by atomic mass is 9.99. The quantitative estimate of drug-likeness (QED) is 0.332. The molecule has 1 atom stereocenters. The van der Waals surface area contributed by atoms with Crippen molar-refractivity contribution in [2.75, 3.05) is 27.2 Å². The third kappa shape index (κ3) is 4.99. The van der Waals surface area contributed by atoms with Gasteiger partial charge in [0.05, 0.1) is 0 Å². The van der Waals surface area contributed by atoms with E-state index in [2.05, 4.69) is 46.8 Å². The molecule has 1 fully saturated rings. The maximum absolute atomic E-state index is 12.4. The molecule has 7 heteroatoms. The van der Waals surface area contributed by atoms with Gasteiger partial charge in [-0.3, -0.25) is 14.7 Å². The molecule has 1 aliphatic rings. The van der Waals surface area contributed by atoms with Crippen molar-refractivity contribution in [2.45, 2.75) is 45.7 Å². The molecule has 148 valence electrons. The predicted octanol–water partition coefficient (Wildman–Crippen LogP) is 2.11. The monoisotopic (exact) mass is 373 g/mol. The molecule has 0 aliphatic carbocycles. The number of aliphatic imine (C=N–C) groups is 1. The highest BCUT2D eigenvalue weighted by molar-refractivity contribution is 6.06. The maximum Gasteiger partial charge on any atom is 0.325 e. The molecule has 0 saturated carbocycles. The van der Waals surface area contributed by atoms with Crippen molar-refractivity contribution in [3.8, 4) is 0 Å². The van der Waals surface area contributed by atoms with Gasteiger partial charge in [0, 0.05) is 33.7 Å².